The van der Waals surface area contributed by atoms with Crippen molar-refractivity contribution >= 4 is 5.97 Å². The summed E-state index contributed by atoms with van der Waals surface area (Å²) in [5, 5.41) is 4.61. The summed E-state index contributed by atoms with van der Waals surface area (Å²) in [5.41, 5.74) is 3.53. The van der Waals surface area contributed by atoms with Crippen molar-refractivity contribution in [2.24, 2.45) is 0 Å². The highest BCUT2D eigenvalue weighted by Crippen LogP contribution is 2.39. The van der Waals surface area contributed by atoms with Crippen molar-refractivity contribution < 1.29 is 28.5 Å². The summed E-state index contributed by atoms with van der Waals surface area (Å²) >= 11 is 0. The molecule has 8 heteroatoms. The lowest BCUT2D eigenvalue weighted by Crippen LogP contribution is -2.10. The number of rotatable bonds is 8. The van der Waals surface area contributed by atoms with E-state index in [1.807, 2.05) is 49.4 Å². The van der Waals surface area contributed by atoms with Gasteiger partial charge in [0.05, 0.1) is 38.7 Å². The Hall–Kier alpha value is -3.36. The number of esters is 1. The van der Waals surface area contributed by atoms with Gasteiger partial charge < -0.3 is 23.7 Å². The van der Waals surface area contributed by atoms with E-state index in [0.29, 0.717) is 43.5 Å². The van der Waals surface area contributed by atoms with Crippen molar-refractivity contribution in [3.63, 3.8) is 0 Å². The highest BCUT2D eigenvalue weighted by atomic mass is 16.7. The van der Waals surface area contributed by atoms with Crippen LogP contribution in [0.25, 0.3) is 11.3 Å². The molecule has 0 amide bonds. The predicted octanol–water partition coefficient (Wildman–Crippen LogP) is 3.99. The number of hydrogen-bond acceptors (Lipinski definition) is 7. The highest BCUT2D eigenvalue weighted by Gasteiger charge is 2.28. The maximum absolute atomic E-state index is 12.2. The molecule has 32 heavy (non-hydrogen) atoms. The molecule has 2 heterocycles. The summed E-state index contributed by atoms with van der Waals surface area (Å²) < 4.78 is 29.5. The van der Waals surface area contributed by atoms with Gasteiger partial charge in [-0.1, -0.05) is 24.3 Å². The average Bonchev–Trinajstić information content (AvgIpc) is 3.52. The quantitative estimate of drug-likeness (QED) is 0.492. The zero-order valence-electron chi connectivity index (χ0n) is 18.4. The topological polar surface area (TPSA) is 81.0 Å². The number of nitrogens with zero attached hydrogens (tertiary/aromatic N) is 2. The summed E-state index contributed by atoms with van der Waals surface area (Å²) in [5.74, 6) is 0.987. The number of carbonyl (C=O) groups excluding carboxylic acids is 1. The monoisotopic (exact) mass is 438 g/mol. The number of aromatic nitrogens is 2. The molecular weight excluding hydrogens is 412 g/mol. The van der Waals surface area contributed by atoms with Gasteiger partial charge in [0.25, 0.3) is 0 Å². The SMILES string of the molecule is CCn1nc(-c2cccc(OCc3ccc(OC)cc3)c2C2OCCO2)cc1C(=O)OC. The molecule has 0 bridgehead atoms. The van der Waals surface area contributed by atoms with E-state index in [1.54, 1.807) is 17.9 Å². The molecule has 1 fully saturated rings. The van der Waals surface area contributed by atoms with Crippen molar-refractivity contribution in [3.05, 3.63) is 65.4 Å². The molecule has 0 spiro atoms. The Morgan fingerprint density at radius 3 is 2.53 bits per heavy atom. The maximum atomic E-state index is 12.2. The summed E-state index contributed by atoms with van der Waals surface area (Å²) in [4.78, 5) is 12.2. The molecule has 0 N–H and O–H groups in total. The Balaban J connectivity index is 1.70. The van der Waals surface area contributed by atoms with Crippen LogP contribution >= 0.6 is 0 Å². The first-order chi connectivity index (χ1) is 15.6. The number of benzene rings is 2. The van der Waals surface area contributed by atoms with Gasteiger partial charge in [0, 0.05) is 12.1 Å². The van der Waals surface area contributed by atoms with Gasteiger partial charge in [-0.3, -0.25) is 4.68 Å². The van der Waals surface area contributed by atoms with Crippen molar-refractivity contribution in [3.8, 4) is 22.8 Å². The Kier molecular flexibility index (Phi) is 6.72. The van der Waals surface area contributed by atoms with Gasteiger partial charge in [0.2, 0.25) is 0 Å². The first-order valence-corrected chi connectivity index (χ1v) is 10.4. The third kappa shape index (κ3) is 4.46. The maximum Gasteiger partial charge on any atom is 0.356 e. The summed E-state index contributed by atoms with van der Waals surface area (Å²) in [6.07, 6.45) is -0.578. The second-order valence-electron chi connectivity index (χ2n) is 7.15. The Labute approximate surface area is 186 Å². The lowest BCUT2D eigenvalue weighted by molar-refractivity contribution is -0.0454. The van der Waals surface area contributed by atoms with E-state index in [0.717, 1.165) is 22.4 Å². The number of methoxy groups -OCH3 is 2. The van der Waals surface area contributed by atoms with Crippen LogP contribution in [0.3, 0.4) is 0 Å². The molecule has 1 aliphatic rings. The number of carbonyl (C=O) groups is 1. The zero-order valence-corrected chi connectivity index (χ0v) is 18.4. The lowest BCUT2D eigenvalue weighted by atomic mass is 10.0. The van der Waals surface area contributed by atoms with Crippen LogP contribution in [-0.2, 0) is 27.4 Å². The second kappa shape index (κ2) is 9.84. The van der Waals surface area contributed by atoms with Crippen LogP contribution < -0.4 is 9.47 Å². The van der Waals surface area contributed by atoms with E-state index in [-0.39, 0.29) is 0 Å². The fraction of sp³-hybridized carbons (Fsp3) is 0.333. The fourth-order valence-electron chi connectivity index (χ4n) is 3.60. The largest absolute Gasteiger partial charge is 0.497 e. The van der Waals surface area contributed by atoms with Crippen LogP contribution in [-0.4, -0.2) is 43.2 Å². The third-order valence-corrected chi connectivity index (χ3v) is 5.23. The molecule has 0 aliphatic carbocycles. The molecule has 0 radical (unpaired) electrons. The molecule has 1 saturated heterocycles. The van der Waals surface area contributed by atoms with Crippen LogP contribution in [0.1, 0.15) is 34.8 Å². The van der Waals surface area contributed by atoms with Gasteiger partial charge >= 0.3 is 5.97 Å². The molecule has 0 atom stereocenters. The molecule has 168 valence electrons. The minimum Gasteiger partial charge on any atom is -0.497 e. The van der Waals surface area contributed by atoms with E-state index in [4.69, 9.17) is 23.7 Å². The highest BCUT2D eigenvalue weighted by molar-refractivity contribution is 5.89. The van der Waals surface area contributed by atoms with Crippen LogP contribution in [0, 0.1) is 0 Å². The fourth-order valence-corrected chi connectivity index (χ4v) is 3.60. The van der Waals surface area contributed by atoms with E-state index in [2.05, 4.69) is 5.10 Å². The molecule has 4 rings (SSSR count). The van der Waals surface area contributed by atoms with E-state index in [1.165, 1.54) is 7.11 Å². The summed E-state index contributed by atoms with van der Waals surface area (Å²) in [7, 11) is 2.99. The standard InChI is InChI=1S/C24H26N2O6/c1-4-26-20(23(27)29-3)14-19(25-26)18-6-5-7-21(22(18)24-30-12-13-31-24)32-15-16-8-10-17(28-2)11-9-16/h5-11,14,24H,4,12-13,15H2,1-3H3. The minimum absolute atomic E-state index is 0.365. The smallest absolute Gasteiger partial charge is 0.356 e. The van der Waals surface area contributed by atoms with Gasteiger partial charge in [-0.05, 0) is 36.8 Å². The van der Waals surface area contributed by atoms with Gasteiger partial charge in [-0.15, -0.1) is 0 Å². The Bertz CT molecular complexity index is 1070. The minimum atomic E-state index is -0.578. The van der Waals surface area contributed by atoms with Crippen LogP contribution in [0.15, 0.2) is 48.5 Å². The predicted molar refractivity (Wildman–Crippen MR) is 117 cm³/mol. The first-order valence-electron chi connectivity index (χ1n) is 10.4. The van der Waals surface area contributed by atoms with Gasteiger partial charge in [-0.2, -0.15) is 5.10 Å². The summed E-state index contributed by atoms with van der Waals surface area (Å²) in [6, 6.07) is 15.1. The summed E-state index contributed by atoms with van der Waals surface area (Å²) in [6.45, 7) is 3.80. The Morgan fingerprint density at radius 1 is 1.12 bits per heavy atom. The molecule has 3 aromatic rings. The third-order valence-electron chi connectivity index (χ3n) is 5.23. The molecule has 0 saturated carbocycles. The average molecular weight is 438 g/mol. The van der Waals surface area contributed by atoms with Gasteiger partial charge in [0.15, 0.2) is 6.29 Å². The Morgan fingerprint density at radius 2 is 1.88 bits per heavy atom. The molecule has 0 unspecified atom stereocenters. The van der Waals surface area contributed by atoms with E-state index < -0.39 is 12.3 Å². The number of aryl methyl sites for hydroxylation is 1. The van der Waals surface area contributed by atoms with Crippen LogP contribution in [0.5, 0.6) is 11.5 Å². The van der Waals surface area contributed by atoms with E-state index >= 15 is 0 Å². The lowest BCUT2D eigenvalue weighted by Gasteiger charge is -2.19. The number of ether oxygens (including phenoxy) is 5. The second-order valence-corrected chi connectivity index (χ2v) is 7.15. The molecule has 8 nitrogen and oxygen atoms in total. The van der Waals surface area contributed by atoms with Gasteiger partial charge in [0.1, 0.15) is 23.8 Å². The van der Waals surface area contributed by atoms with Crippen molar-refractivity contribution in [1.82, 2.24) is 9.78 Å². The van der Waals surface area contributed by atoms with Crippen LogP contribution in [0.4, 0.5) is 0 Å². The van der Waals surface area contributed by atoms with Crippen molar-refractivity contribution in [2.75, 3.05) is 27.4 Å². The molecule has 2 aromatic carbocycles. The molecule has 1 aliphatic heterocycles. The normalized spacial score (nSPS) is 13.8. The van der Waals surface area contributed by atoms with Crippen LogP contribution in [0.2, 0.25) is 0 Å². The van der Waals surface area contributed by atoms with E-state index in [9.17, 15) is 4.79 Å². The van der Waals surface area contributed by atoms with Crippen molar-refractivity contribution in [2.45, 2.75) is 26.4 Å². The molecule has 1 aromatic heterocycles. The van der Waals surface area contributed by atoms with Gasteiger partial charge in [-0.25, -0.2) is 4.79 Å². The van der Waals surface area contributed by atoms with Crippen molar-refractivity contribution in [1.29, 1.82) is 0 Å². The molecular formula is C24H26N2O6. The first kappa shape index (κ1) is 21.9. The number of hydrogen-bond donors (Lipinski definition) is 0. The zero-order chi connectivity index (χ0) is 22.5.